The van der Waals surface area contributed by atoms with E-state index in [9.17, 15) is 13.6 Å². The number of amides is 2. The summed E-state index contributed by atoms with van der Waals surface area (Å²) in [5, 5.41) is 10.1. The summed E-state index contributed by atoms with van der Waals surface area (Å²) in [6, 6.07) is 2.05. The van der Waals surface area contributed by atoms with E-state index in [0.29, 0.717) is 5.13 Å². The second-order valence-electron chi connectivity index (χ2n) is 4.13. The predicted octanol–water partition coefficient (Wildman–Crippen LogP) is 3.04. The molecule has 20 heavy (non-hydrogen) atoms. The molecule has 0 bridgehead atoms. The summed E-state index contributed by atoms with van der Waals surface area (Å²) in [5.41, 5.74) is 1.59. The molecule has 0 saturated carbocycles. The minimum atomic E-state index is -0.626. The molecule has 0 aliphatic heterocycles. The monoisotopic (exact) mass is 298 g/mol. The molecule has 1 atom stereocenters. The highest BCUT2D eigenvalue weighted by Gasteiger charge is 2.21. The number of benzene rings is 1. The Balaban J connectivity index is 2.13. The molecule has 8 heteroatoms. The van der Waals surface area contributed by atoms with Crippen molar-refractivity contribution < 1.29 is 13.6 Å². The van der Waals surface area contributed by atoms with Gasteiger partial charge in [0.25, 0.3) is 0 Å². The van der Waals surface area contributed by atoms with Crippen molar-refractivity contribution in [1.29, 1.82) is 0 Å². The zero-order chi connectivity index (χ0) is 14.7. The lowest BCUT2D eigenvalue weighted by molar-refractivity contribution is 0.207. The van der Waals surface area contributed by atoms with E-state index in [4.69, 9.17) is 0 Å². The molecule has 2 rings (SSSR count). The zero-order valence-corrected chi connectivity index (χ0v) is 11.6. The molecule has 2 aromatic rings. The second-order valence-corrected chi connectivity index (χ2v) is 4.96. The lowest BCUT2D eigenvalue weighted by Crippen LogP contribution is -2.34. The smallest absolute Gasteiger partial charge is 0.321 e. The Hall–Kier alpha value is -2.09. The molecule has 2 amide bonds. The molecule has 1 heterocycles. The van der Waals surface area contributed by atoms with E-state index >= 15 is 0 Å². The maximum absolute atomic E-state index is 13.7. The Morgan fingerprint density at radius 2 is 2.20 bits per heavy atom. The number of anilines is 1. The maximum atomic E-state index is 13.7. The van der Waals surface area contributed by atoms with Crippen LogP contribution in [-0.2, 0) is 0 Å². The average molecular weight is 298 g/mol. The van der Waals surface area contributed by atoms with Gasteiger partial charge in [0.2, 0.25) is 5.13 Å². The fourth-order valence-corrected chi connectivity index (χ4v) is 2.06. The van der Waals surface area contributed by atoms with E-state index in [1.54, 1.807) is 6.92 Å². The Morgan fingerprint density at radius 3 is 2.85 bits per heavy atom. The second kappa shape index (κ2) is 5.91. The lowest BCUT2D eigenvalue weighted by atomic mass is 10.1. The van der Waals surface area contributed by atoms with Crippen molar-refractivity contribution in [3.63, 3.8) is 0 Å². The average Bonchev–Trinajstić information content (AvgIpc) is 2.92. The van der Waals surface area contributed by atoms with Crippen molar-refractivity contribution in [1.82, 2.24) is 15.1 Å². The molecule has 0 spiro atoms. The number of urea groups is 1. The molecule has 106 valence electrons. The number of hydrogen-bond acceptors (Lipinski definition) is 4. The van der Waals surface area contributed by atoms with Gasteiger partial charge in [-0.15, -0.1) is 10.2 Å². The highest BCUT2D eigenvalue weighted by molar-refractivity contribution is 7.13. The highest BCUT2D eigenvalue weighted by atomic mass is 32.1. The molecule has 0 radical (unpaired) electrons. The molecule has 1 aromatic heterocycles. The Morgan fingerprint density at radius 1 is 1.45 bits per heavy atom. The van der Waals surface area contributed by atoms with Gasteiger partial charge in [-0.3, -0.25) is 5.32 Å². The van der Waals surface area contributed by atoms with Crippen LogP contribution in [0.25, 0.3) is 0 Å². The van der Waals surface area contributed by atoms with Crippen LogP contribution in [0.5, 0.6) is 0 Å². The summed E-state index contributed by atoms with van der Waals surface area (Å²) in [6.07, 6.45) is 0. The van der Waals surface area contributed by atoms with Gasteiger partial charge in [-0.1, -0.05) is 11.3 Å². The number of carbonyl (C=O) groups excluding carboxylic acids is 1. The number of halogens is 2. The largest absolute Gasteiger partial charge is 0.323 e. The first kappa shape index (κ1) is 14.3. The summed E-state index contributed by atoms with van der Waals surface area (Å²) < 4.78 is 26.9. The van der Waals surface area contributed by atoms with Gasteiger partial charge >= 0.3 is 6.03 Å². The molecule has 5 nitrogen and oxygen atoms in total. The number of hydrogen-bond donors (Lipinski definition) is 1. The fourth-order valence-electron chi connectivity index (χ4n) is 1.63. The van der Waals surface area contributed by atoms with Crippen LogP contribution in [-0.4, -0.2) is 28.2 Å². The lowest BCUT2D eigenvalue weighted by Gasteiger charge is -2.25. The van der Waals surface area contributed by atoms with Gasteiger partial charge in [0, 0.05) is 12.6 Å². The summed E-state index contributed by atoms with van der Waals surface area (Å²) in [7, 11) is 1.49. The van der Waals surface area contributed by atoms with E-state index in [1.165, 1.54) is 28.8 Å². The molecular weight excluding hydrogens is 286 g/mol. The fraction of sp³-hybridized carbons (Fsp3) is 0.250. The van der Waals surface area contributed by atoms with Crippen LogP contribution in [0.15, 0.2) is 23.7 Å². The minimum absolute atomic E-state index is 0.111. The maximum Gasteiger partial charge on any atom is 0.323 e. The summed E-state index contributed by atoms with van der Waals surface area (Å²) in [4.78, 5) is 13.2. The van der Waals surface area contributed by atoms with E-state index in [-0.39, 0.29) is 5.56 Å². The first-order chi connectivity index (χ1) is 9.49. The highest BCUT2D eigenvalue weighted by Crippen LogP contribution is 2.23. The van der Waals surface area contributed by atoms with Crippen LogP contribution in [0.3, 0.4) is 0 Å². The van der Waals surface area contributed by atoms with Gasteiger partial charge in [0.15, 0.2) is 0 Å². The standard InChI is InChI=1S/C12H12F2N4OS/c1-7(9-5-8(13)3-4-10(9)14)18(2)12(19)16-11-17-15-6-20-11/h3-7H,1-2H3,(H,16,17,19). The van der Waals surface area contributed by atoms with Crippen molar-refractivity contribution in [2.45, 2.75) is 13.0 Å². The number of nitrogens with zero attached hydrogens (tertiary/aromatic N) is 3. The van der Waals surface area contributed by atoms with Crippen molar-refractivity contribution in [3.05, 3.63) is 40.9 Å². The molecular formula is C12H12F2N4OS. The van der Waals surface area contributed by atoms with Gasteiger partial charge < -0.3 is 4.90 Å². The van der Waals surface area contributed by atoms with Crippen LogP contribution in [0.2, 0.25) is 0 Å². The minimum Gasteiger partial charge on any atom is -0.321 e. The van der Waals surface area contributed by atoms with Crippen molar-refractivity contribution in [2.75, 3.05) is 12.4 Å². The van der Waals surface area contributed by atoms with Gasteiger partial charge in [0.1, 0.15) is 17.1 Å². The van der Waals surface area contributed by atoms with Crippen LogP contribution >= 0.6 is 11.3 Å². The molecule has 0 aliphatic carbocycles. The Kier molecular flexibility index (Phi) is 4.23. The Bertz CT molecular complexity index is 606. The first-order valence-corrected chi connectivity index (χ1v) is 6.62. The normalized spacial score (nSPS) is 12.0. The van der Waals surface area contributed by atoms with Crippen molar-refractivity contribution in [3.8, 4) is 0 Å². The van der Waals surface area contributed by atoms with Gasteiger partial charge in [0.05, 0.1) is 6.04 Å². The molecule has 0 fully saturated rings. The SMILES string of the molecule is CC(c1cc(F)ccc1F)N(C)C(=O)Nc1nncs1. The van der Waals surface area contributed by atoms with Crippen LogP contribution in [0, 0.1) is 11.6 Å². The van der Waals surface area contributed by atoms with E-state index in [0.717, 1.165) is 18.2 Å². The molecule has 0 saturated heterocycles. The van der Waals surface area contributed by atoms with Gasteiger partial charge in [-0.05, 0) is 25.1 Å². The van der Waals surface area contributed by atoms with Crippen molar-refractivity contribution in [2.24, 2.45) is 0 Å². The number of nitrogens with one attached hydrogen (secondary N) is 1. The number of rotatable bonds is 3. The van der Waals surface area contributed by atoms with Crippen LogP contribution in [0.1, 0.15) is 18.5 Å². The van der Waals surface area contributed by atoms with E-state index < -0.39 is 23.7 Å². The molecule has 0 aliphatic rings. The number of aromatic nitrogens is 2. The van der Waals surface area contributed by atoms with Gasteiger partial charge in [-0.2, -0.15) is 0 Å². The van der Waals surface area contributed by atoms with Crippen molar-refractivity contribution >= 4 is 22.5 Å². The predicted molar refractivity (Wildman–Crippen MR) is 71.5 cm³/mol. The van der Waals surface area contributed by atoms with E-state index in [1.807, 2.05) is 0 Å². The van der Waals surface area contributed by atoms with Crippen LogP contribution in [0.4, 0.5) is 18.7 Å². The van der Waals surface area contributed by atoms with E-state index in [2.05, 4.69) is 15.5 Å². The summed E-state index contributed by atoms with van der Waals surface area (Å²) in [6.45, 7) is 1.61. The topological polar surface area (TPSA) is 58.1 Å². The third-order valence-electron chi connectivity index (χ3n) is 2.88. The third kappa shape index (κ3) is 3.08. The molecule has 1 N–H and O–H groups in total. The van der Waals surface area contributed by atoms with Crippen LogP contribution < -0.4 is 5.32 Å². The third-order valence-corrected chi connectivity index (χ3v) is 3.49. The number of carbonyl (C=O) groups is 1. The summed E-state index contributed by atoms with van der Waals surface area (Å²) >= 11 is 1.17. The molecule has 1 aromatic carbocycles. The summed E-state index contributed by atoms with van der Waals surface area (Å²) in [5.74, 6) is -1.11. The molecule has 1 unspecified atom stereocenters. The first-order valence-electron chi connectivity index (χ1n) is 5.74. The quantitative estimate of drug-likeness (QED) is 0.947. The Labute approximate surface area is 118 Å². The van der Waals surface area contributed by atoms with Gasteiger partial charge in [-0.25, -0.2) is 13.6 Å². The zero-order valence-electron chi connectivity index (χ0n) is 10.8.